The van der Waals surface area contributed by atoms with Crippen LogP contribution in [0, 0.1) is 6.92 Å². The molecule has 2 aromatic rings. The summed E-state index contributed by atoms with van der Waals surface area (Å²) in [6.45, 7) is 6.84. The van der Waals surface area contributed by atoms with Gasteiger partial charge in [-0.05, 0) is 59.2 Å². The first kappa shape index (κ1) is 23.6. The molecule has 10 heteroatoms. The molecule has 2 aliphatic heterocycles. The fourth-order valence-corrected chi connectivity index (χ4v) is 4.44. The monoisotopic (exact) mass is 475 g/mol. The van der Waals surface area contributed by atoms with Gasteiger partial charge in [0.05, 0.1) is 40.9 Å². The zero-order valence-electron chi connectivity index (χ0n) is 19.5. The van der Waals surface area contributed by atoms with Crippen LogP contribution in [0.5, 0.6) is 0 Å². The Bertz CT molecular complexity index is 943. The van der Waals surface area contributed by atoms with Crippen molar-refractivity contribution in [3.05, 3.63) is 29.2 Å². The van der Waals surface area contributed by atoms with Crippen LogP contribution in [-0.4, -0.2) is 77.0 Å². The van der Waals surface area contributed by atoms with Crippen LogP contribution < -0.4 is 10.6 Å². The summed E-state index contributed by atoms with van der Waals surface area (Å²) in [5.74, 6) is 0.712. The van der Waals surface area contributed by atoms with E-state index in [0.717, 1.165) is 68.8 Å². The van der Waals surface area contributed by atoms with Gasteiger partial charge in [0.1, 0.15) is 5.82 Å². The molecule has 0 radical (unpaired) electrons. The Morgan fingerprint density at radius 3 is 2.85 bits per heavy atom. The van der Waals surface area contributed by atoms with Crippen molar-refractivity contribution in [2.24, 2.45) is 0 Å². The second-order valence-corrected chi connectivity index (χ2v) is 9.31. The van der Waals surface area contributed by atoms with E-state index in [1.165, 1.54) is 0 Å². The van der Waals surface area contributed by atoms with Gasteiger partial charge in [0.15, 0.2) is 0 Å². The van der Waals surface area contributed by atoms with Crippen molar-refractivity contribution in [2.45, 2.75) is 45.1 Å². The van der Waals surface area contributed by atoms with Gasteiger partial charge in [-0.15, -0.1) is 0 Å². The van der Waals surface area contributed by atoms with Gasteiger partial charge in [0.2, 0.25) is 0 Å². The van der Waals surface area contributed by atoms with E-state index in [4.69, 9.17) is 21.4 Å². The molecule has 2 saturated heterocycles. The van der Waals surface area contributed by atoms with Crippen molar-refractivity contribution < 1.29 is 9.53 Å². The molecule has 2 N–H and O–H groups in total. The van der Waals surface area contributed by atoms with E-state index in [9.17, 15) is 4.79 Å². The molecule has 0 aromatic carbocycles. The molecule has 2 fully saturated rings. The SMILES string of the molecule is Cc1nn(C2CCN(C)CC2)cc1Nc1cc(NCCCN2CCCCOC2=O)c(Cl)cn1. The zero-order valence-corrected chi connectivity index (χ0v) is 20.3. The number of rotatable bonds is 8. The van der Waals surface area contributed by atoms with Crippen molar-refractivity contribution in [1.29, 1.82) is 0 Å². The summed E-state index contributed by atoms with van der Waals surface area (Å²) in [7, 11) is 2.16. The highest BCUT2D eigenvalue weighted by molar-refractivity contribution is 6.33. The second-order valence-electron chi connectivity index (χ2n) is 8.91. The summed E-state index contributed by atoms with van der Waals surface area (Å²) in [4.78, 5) is 20.5. The van der Waals surface area contributed by atoms with Gasteiger partial charge >= 0.3 is 6.09 Å². The number of amides is 1. The predicted octanol–water partition coefficient (Wildman–Crippen LogP) is 4.28. The first-order valence-corrected chi connectivity index (χ1v) is 12.2. The molecular formula is C23H34ClN7O2. The average molecular weight is 476 g/mol. The molecule has 0 aliphatic carbocycles. The quantitative estimate of drug-likeness (QED) is 0.551. The smallest absolute Gasteiger partial charge is 0.409 e. The Labute approximate surface area is 200 Å². The average Bonchev–Trinajstić information content (AvgIpc) is 3.03. The molecule has 0 saturated carbocycles. The first-order chi connectivity index (χ1) is 16.0. The number of hydrogen-bond donors (Lipinski definition) is 2. The topological polar surface area (TPSA) is 87.5 Å². The highest BCUT2D eigenvalue weighted by Gasteiger charge is 2.20. The van der Waals surface area contributed by atoms with Crippen molar-refractivity contribution in [3.8, 4) is 0 Å². The normalized spacial score (nSPS) is 18.2. The van der Waals surface area contributed by atoms with Gasteiger partial charge in [-0.1, -0.05) is 11.6 Å². The number of pyridine rings is 1. The second kappa shape index (κ2) is 11.1. The minimum absolute atomic E-state index is 0.211. The third-order valence-corrected chi connectivity index (χ3v) is 6.62. The lowest BCUT2D eigenvalue weighted by Gasteiger charge is -2.28. The lowest BCUT2D eigenvalue weighted by Crippen LogP contribution is -2.32. The molecule has 2 aromatic heterocycles. The van der Waals surface area contributed by atoms with E-state index in [0.29, 0.717) is 36.6 Å². The van der Waals surface area contributed by atoms with Crippen molar-refractivity contribution in [1.82, 2.24) is 24.6 Å². The summed E-state index contributed by atoms with van der Waals surface area (Å²) >= 11 is 6.36. The maximum atomic E-state index is 11.9. The third kappa shape index (κ3) is 6.29. The lowest BCUT2D eigenvalue weighted by atomic mass is 10.1. The van der Waals surface area contributed by atoms with Crippen molar-refractivity contribution in [3.63, 3.8) is 0 Å². The Hall–Kier alpha value is -2.52. The molecule has 0 atom stereocenters. The summed E-state index contributed by atoms with van der Waals surface area (Å²) in [5, 5.41) is 12.1. The van der Waals surface area contributed by atoms with Crippen LogP contribution in [-0.2, 0) is 4.74 Å². The van der Waals surface area contributed by atoms with Gasteiger partial charge in [0, 0.05) is 31.9 Å². The molecule has 180 valence electrons. The van der Waals surface area contributed by atoms with E-state index in [2.05, 4.69) is 38.4 Å². The van der Waals surface area contributed by atoms with Crippen LogP contribution in [0.1, 0.15) is 43.8 Å². The number of carbonyl (C=O) groups excluding carboxylic acids is 1. The van der Waals surface area contributed by atoms with Crippen molar-refractivity contribution >= 4 is 34.9 Å². The fraction of sp³-hybridized carbons (Fsp3) is 0.609. The fourth-order valence-electron chi connectivity index (χ4n) is 4.27. The van der Waals surface area contributed by atoms with Crippen molar-refractivity contribution in [2.75, 3.05) is 57.0 Å². The zero-order chi connectivity index (χ0) is 23.2. The number of carbonyl (C=O) groups is 1. The van der Waals surface area contributed by atoms with Gasteiger partial charge < -0.3 is 25.2 Å². The summed E-state index contributed by atoms with van der Waals surface area (Å²) in [6, 6.07) is 2.35. The largest absolute Gasteiger partial charge is 0.449 e. The number of hydrogen-bond acceptors (Lipinski definition) is 7. The Morgan fingerprint density at radius 1 is 1.21 bits per heavy atom. The Morgan fingerprint density at radius 2 is 2.03 bits per heavy atom. The summed E-state index contributed by atoms with van der Waals surface area (Å²) in [6.07, 6.45) is 8.46. The summed E-state index contributed by atoms with van der Waals surface area (Å²) < 4.78 is 7.29. The minimum Gasteiger partial charge on any atom is -0.449 e. The Kier molecular flexibility index (Phi) is 7.93. The molecule has 0 spiro atoms. The van der Waals surface area contributed by atoms with E-state index in [1.807, 2.05) is 13.0 Å². The van der Waals surface area contributed by atoms with E-state index in [-0.39, 0.29) is 6.09 Å². The number of aromatic nitrogens is 3. The van der Waals surface area contributed by atoms with Gasteiger partial charge in [-0.2, -0.15) is 5.10 Å². The number of cyclic esters (lactones) is 1. The summed E-state index contributed by atoms with van der Waals surface area (Å²) in [5.41, 5.74) is 2.71. The molecular weight excluding hydrogens is 442 g/mol. The maximum Gasteiger partial charge on any atom is 0.409 e. The van der Waals surface area contributed by atoms with Gasteiger partial charge in [-0.25, -0.2) is 9.78 Å². The van der Waals surface area contributed by atoms with E-state index in [1.54, 1.807) is 11.1 Å². The molecule has 0 bridgehead atoms. The Balaban J connectivity index is 1.32. The molecule has 2 aliphatic rings. The van der Waals surface area contributed by atoms with Crippen LogP contribution in [0.4, 0.5) is 22.0 Å². The first-order valence-electron chi connectivity index (χ1n) is 11.8. The number of nitrogens with one attached hydrogen (secondary N) is 2. The number of ether oxygens (including phenoxy) is 1. The maximum absolute atomic E-state index is 11.9. The van der Waals surface area contributed by atoms with E-state index < -0.39 is 0 Å². The number of aryl methyl sites for hydroxylation is 1. The third-order valence-electron chi connectivity index (χ3n) is 6.32. The van der Waals surface area contributed by atoms with Crippen LogP contribution in [0.3, 0.4) is 0 Å². The van der Waals surface area contributed by atoms with E-state index >= 15 is 0 Å². The lowest BCUT2D eigenvalue weighted by molar-refractivity contribution is 0.116. The molecule has 9 nitrogen and oxygen atoms in total. The van der Waals surface area contributed by atoms with Crippen LogP contribution >= 0.6 is 11.6 Å². The number of nitrogens with zero attached hydrogens (tertiary/aromatic N) is 5. The minimum atomic E-state index is -0.211. The van der Waals surface area contributed by atoms with Gasteiger partial charge in [-0.3, -0.25) is 4.68 Å². The predicted molar refractivity (Wildman–Crippen MR) is 131 cm³/mol. The number of halogens is 1. The van der Waals surface area contributed by atoms with Crippen LogP contribution in [0.2, 0.25) is 5.02 Å². The molecule has 4 heterocycles. The molecule has 33 heavy (non-hydrogen) atoms. The number of piperidine rings is 1. The molecule has 0 unspecified atom stereocenters. The number of likely N-dealkylation sites (tertiary alicyclic amines) is 1. The van der Waals surface area contributed by atoms with Crippen LogP contribution in [0.25, 0.3) is 0 Å². The highest BCUT2D eigenvalue weighted by atomic mass is 35.5. The number of anilines is 3. The highest BCUT2D eigenvalue weighted by Crippen LogP contribution is 2.28. The standard InChI is InChI=1S/C23H34ClN7O2/c1-17-21(16-31(28-17)18-6-11-29(2)12-7-18)27-22-14-20(19(24)15-26-22)25-8-5-10-30-9-3-4-13-33-23(30)32/h14-16,18H,3-13H2,1-2H3,(H2,25,26,27). The van der Waals surface area contributed by atoms with Gasteiger partial charge in [0.25, 0.3) is 0 Å². The van der Waals surface area contributed by atoms with Crippen LogP contribution in [0.15, 0.2) is 18.5 Å². The molecule has 4 rings (SSSR count). The molecule has 1 amide bonds.